The van der Waals surface area contributed by atoms with Crippen molar-refractivity contribution in [1.29, 1.82) is 0 Å². The van der Waals surface area contributed by atoms with Crippen molar-refractivity contribution in [2.45, 2.75) is 45.6 Å². The number of piperazine rings is 1. The maximum absolute atomic E-state index is 12.7. The molecule has 12 heteroatoms. The highest BCUT2D eigenvalue weighted by molar-refractivity contribution is 7.97. The van der Waals surface area contributed by atoms with Crippen molar-refractivity contribution >= 4 is 58.6 Å². The van der Waals surface area contributed by atoms with Gasteiger partial charge in [-0.15, -0.1) is 0 Å². The summed E-state index contributed by atoms with van der Waals surface area (Å²) in [5.74, 6) is 1.13. The number of carbonyl (C=O) groups is 2. The van der Waals surface area contributed by atoms with E-state index in [1.54, 1.807) is 11.9 Å². The highest BCUT2D eigenvalue weighted by atomic mass is 35.5. The number of nitrogens with zero attached hydrogens (tertiary/aromatic N) is 3. The predicted octanol–water partition coefficient (Wildman–Crippen LogP) is 4.85. The van der Waals surface area contributed by atoms with Crippen LogP contribution in [-0.4, -0.2) is 103 Å². The predicted molar refractivity (Wildman–Crippen MR) is 160 cm³/mol. The van der Waals surface area contributed by atoms with Gasteiger partial charge in [0.05, 0.1) is 27.6 Å². The fraction of sp³-hybridized carbons (Fsp3) is 0.704. The SMILES string of the molecule is C1CCNC1.CCOC(=O)C1CCCN(CCSN2CCN(C(=O)COc3cc(Cl)c(Cl)cc3Cl)[C@@H](C)C2)C1. The molecule has 4 rings (SSSR count). The fourth-order valence-corrected chi connectivity index (χ4v) is 6.61. The quantitative estimate of drug-likeness (QED) is 0.238. The van der Waals surface area contributed by atoms with Gasteiger partial charge in [0.2, 0.25) is 0 Å². The Morgan fingerprint density at radius 2 is 1.77 bits per heavy atom. The van der Waals surface area contributed by atoms with Gasteiger partial charge in [0.25, 0.3) is 5.91 Å². The monoisotopic (exact) mass is 622 g/mol. The Morgan fingerprint density at radius 1 is 1.03 bits per heavy atom. The summed E-state index contributed by atoms with van der Waals surface area (Å²) >= 11 is 19.9. The molecule has 3 aliphatic rings. The number of piperidine rings is 1. The number of nitrogens with one attached hydrogen (secondary N) is 1. The summed E-state index contributed by atoms with van der Waals surface area (Å²) in [5, 5.41) is 4.21. The third-order valence-electron chi connectivity index (χ3n) is 7.00. The lowest BCUT2D eigenvalue weighted by atomic mass is 9.98. The van der Waals surface area contributed by atoms with Crippen LogP contribution in [0.15, 0.2) is 12.1 Å². The van der Waals surface area contributed by atoms with Crippen LogP contribution < -0.4 is 10.1 Å². The van der Waals surface area contributed by atoms with Gasteiger partial charge in [-0.25, -0.2) is 4.31 Å². The van der Waals surface area contributed by atoms with Crippen LogP contribution >= 0.6 is 46.8 Å². The molecule has 1 aromatic carbocycles. The molecule has 3 fully saturated rings. The Hall–Kier alpha value is -0.940. The normalized spacial score (nSPS) is 22.2. The molecule has 3 aliphatic heterocycles. The Morgan fingerprint density at radius 3 is 2.44 bits per heavy atom. The Labute approximate surface area is 252 Å². The number of hydrogen-bond donors (Lipinski definition) is 1. The fourth-order valence-electron chi connectivity index (χ4n) is 4.88. The van der Waals surface area contributed by atoms with Gasteiger partial charge in [-0.1, -0.05) is 46.8 Å². The topological polar surface area (TPSA) is 74.4 Å². The van der Waals surface area contributed by atoms with Crippen LogP contribution in [0.4, 0.5) is 0 Å². The second kappa shape index (κ2) is 17.1. The average molecular weight is 624 g/mol. The molecule has 2 atom stereocenters. The molecule has 220 valence electrons. The van der Waals surface area contributed by atoms with Crippen LogP contribution in [0.3, 0.4) is 0 Å². The van der Waals surface area contributed by atoms with E-state index in [4.69, 9.17) is 44.3 Å². The molecule has 1 unspecified atom stereocenters. The summed E-state index contributed by atoms with van der Waals surface area (Å²) in [4.78, 5) is 29.0. The van der Waals surface area contributed by atoms with Gasteiger partial charge in [0.15, 0.2) is 6.61 Å². The second-order valence-electron chi connectivity index (χ2n) is 9.99. The van der Waals surface area contributed by atoms with E-state index in [-0.39, 0.29) is 30.4 Å². The Balaban J connectivity index is 0.000000753. The van der Waals surface area contributed by atoms with Gasteiger partial charge in [-0.2, -0.15) is 0 Å². The molecule has 3 heterocycles. The minimum atomic E-state index is -0.105. The summed E-state index contributed by atoms with van der Waals surface area (Å²) in [6.45, 7) is 11.7. The lowest BCUT2D eigenvalue weighted by molar-refractivity contribution is -0.149. The largest absolute Gasteiger partial charge is 0.482 e. The summed E-state index contributed by atoms with van der Waals surface area (Å²) < 4.78 is 13.1. The maximum Gasteiger partial charge on any atom is 0.310 e. The molecule has 0 radical (unpaired) electrons. The van der Waals surface area contributed by atoms with Crippen molar-refractivity contribution in [3.05, 3.63) is 27.2 Å². The molecule has 1 amide bonds. The molecule has 8 nitrogen and oxygen atoms in total. The van der Waals surface area contributed by atoms with E-state index in [0.29, 0.717) is 34.0 Å². The Kier molecular flexibility index (Phi) is 14.3. The molecule has 0 bridgehead atoms. The minimum absolute atomic E-state index is 0.00530. The van der Waals surface area contributed by atoms with E-state index in [1.165, 1.54) is 38.1 Å². The van der Waals surface area contributed by atoms with Gasteiger partial charge in [-0.05, 0) is 65.2 Å². The van der Waals surface area contributed by atoms with Gasteiger partial charge in [0, 0.05) is 50.6 Å². The molecule has 1 N–H and O–H groups in total. The summed E-state index contributed by atoms with van der Waals surface area (Å²) in [7, 11) is 0. The first kappa shape index (κ1) is 32.6. The van der Waals surface area contributed by atoms with E-state index in [1.807, 2.05) is 18.7 Å². The molecular formula is C27H41Cl3N4O4S. The first-order chi connectivity index (χ1) is 18.8. The summed E-state index contributed by atoms with van der Waals surface area (Å²) in [6, 6.07) is 3.10. The highest BCUT2D eigenvalue weighted by Crippen LogP contribution is 2.34. The number of amides is 1. The van der Waals surface area contributed by atoms with Crippen LogP contribution in [-0.2, 0) is 14.3 Å². The van der Waals surface area contributed by atoms with E-state index in [2.05, 4.69) is 14.5 Å². The number of halogens is 3. The standard InChI is InChI=1S/C23H32Cl3N3O4S.C4H9N/c1-3-32-23(31)17-5-4-6-27(14-17)9-10-34-28-7-8-29(16(2)13-28)22(30)15-33-21-12-19(25)18(24)11-20(21)26;1-2-4-5-3-1/h11-12,16-17H,3-10,13-15H2,1-2H3;5H,1-4H2/t16-,17?;/m0./s1. The lowest BCUT2D eigenvalue weighted by Crippen LogP contribution is -2.53. The van der Waals surface area contributed by atoms with Crippen molar-refractivity contribution in [2.24, 2.45) is 5.92 Å². The number of rotatable bonds is 9. The van der Waals surface area contributed by atoms with E-state index in [0.717, 1.165) is 51.3 Å². The second-order valence-corrected chi connectivity index (χ2v) is 12.4. The van der Waals surface area contributed by atoms with Crippen molar-refractivity contribution in [3.8, 4) is 5.75 Å². The van der Waals surface area contributed by atoms with Crippen molar-refractivity contribution in [1.82, 2.24) is 19.4 Å². The Bertz CT molecular complexity index is 933. The zero-order valence-corrected chi connectivity index (χ0v) is 26.0. The first-order valence-electron chi connectivity index (χ1n) is 13.8. The molecule has 0 aromatic heterocycles. The van der Waals surface area contributed by atoms with Crippen molar-refractivity contribution in [3.63, 3.8) is 0 Å². The van der Waals surface area contributed by atoms with E-state index < -0.39 is 0 Å². The number of benzene rings is 1. The van der Waals surface area contributed by atoms with Crippen LogP contribution in [0.2, 0.25) is 15.1 Å². The zero-order chi connectivity index (χ0) is 28.2. The van der Waals surface area contributed by atoms with Crippen molar-refractivity contribution in [2.75, 3.05) is 71.3 Å². The molecule has 0 spiro atoms. The van der Waals surface area contributed by atoms with Crippen LogP contribution in [0.1, 0.15) is 39.5 Å². The minimum Gasteiger partial charge on any atom is -0.482 e. The van der Waals surface area contributed by atoms with Crippen LogP contribution in [0.5, 0.6) is 5.75 Å². The molecule has 1 aromatic rings. The molecule has 39 heavy (non-hydrogen) atoms. The number of ether oxygens (including phenoxy) is 2. The van der Waals surface area contributed by atoms with Crippen LogP contribution in [0.25, 0.3) is 0 Å². The third kappa shape index (κ3) is 10.8. The number of carbonyl (C=O) groups excluding carboxylic acids is 2. The first-order valence-corrected chi connectivity index (χ1v) is 15.9. The van der Waals surface area contributed by atoms with E-state index in [9.17, 15) is 9.59 Å². The van der Waals surface area contributed by atoms with Gasteiger partial charge >= 0.3 is 5.97 Å². The summed E-state index contributed by atoms with van der Waals surface area (Å²) in [6.07, 6.45) is 4.72. The van der Waals surface area contributed by atoms with Gasteiger partial charge < -0.3 is 24.6 Å². The lowest BCUT2D eigenvalue weighted by Gasteiger charge is -2.39. The number of hydrogen-bond acceptors (Lipinski definition) is 8. The molecular weight excluding hydrogens is 583 g/mol. The molecule has 0 aliphatic carbocycles. The van der Waals surface area contributed by atoms with Gasteiger partial charge in [0.1, 0.15) is 5.75 Å². The third-order valence-corrected chi connectivity index (χ3v) is 9.08. The average Bonchev–Trinajstić information content (AvgIpc) is 3.51. The smallest absolute Gasteiger partial charge is 0.310 e. The van der Waals surface area contributed by atoms with Gasteiger partial charge in [-0.3, -0.25) is 9.59 Å². The summed E-state index contributed by atoms with van der Waals surface area (Å²) in [5.41, 5.74) is 0. The number of likely N-dealkylation sites (tertiary alicyclic amines) is 1. The highest BCUT2D eigenvalue weighted by Gasteiger charge is 2.29. The van der Waals surface area contributed by atoms with Crippen LogP contribution in [0, 0.1) is 5.92 Å². The number of esters is 1. The molecule has 0 saturated carbocycles. The van der Waals surface area contributed by atoms with E-state index >= 15 is 0 Å². The maximum atomic E-state index is 12.7. The zero-order valence-electron chi connectivity index (χ0n) is 22.9. The molecule has 3 saturated heterocycles. The van der Waals surface area contributed by atoms with Crippen molar-refractivity contribution < 1.29 is 19.1 Å².